The zero-order valence-electron chi connectivity index (χ0n) is 16.4. The summed E-state index contributed by atoms with van der Waals surface area (Å²) in [6, 6.07) is 5.23. The van der Waals surface area contributed by atoms with Gasteiger partial charge in [0.15, 0.2) is 0 Å². The van der Waals surface area contributed by atoms with Crippen LogP contribution in [-0.2, 0) is 19.4 Å². The Morgan fingerprint density at radius 1 is 1.07 bits per heavy atom. The molecule has 1 saturated heterocycles. The van der Waals surface area contributed by atoms with Gasteiger partial charge in [0.2, 0.25) is 15.7 Å². The first kappa shape index (κ1) is 22.1. The van der Waals surface area contributed by atoms with E-state index in [1.165, 1.54) is 37.5 Å². The van der Waals surface area contributed by atoms with E-state index in [4.69, 9.17) is 4.74 Å². The van der Waals surface area contributed by atoms with Crippen LogP contribution in [0.5, 0.6) is 0 Å². The van der Waals surface area contributed by atoms with Crippen molar-refractivity contribution in [1.82, 2.24) is 4.90 Å². The maximum atomic E-state index is 12.9. The predicted molar refractivity (Wildman–Crippen MR) is 106 cm³/mol. The van der Waals surface area contributed by atoms with Crippen LogP contribution in [-0.4, -0.2) is 56.8 Å². The van der Waals surface area contributed by atoms with Crippen molar-refractivity contribution in [3.63, 3.8) is 0 Å². The molecule has 1 aliphatic carbocycles. The van der Waals surface area contributed by atoms with Crippen LogP contribution < -0.4 is 5.32 Å². The van der Waals surface area contributed by atoms with Crippen molar-refractivity contribution >= 4 is 21.4 Å². The van der Waals surface area contributed by atoms with Gasteiger partial charge in [-0.25, -0.2) is 8.42 Å². The highest BCUT2D eigenvalue weighted by Gasteiger charge is 2.30. The van der Waals surface area contributed by atoms with E-state index in [9.17, 15) is 22.0 Å². The number of nitrogens with one attached hydrogen (secondary N) is 1. The fraction of sp³-hybridized carbons (Fsp3) is 0.650. The van der Waals surface area contributed by atoms with Crippen molar-refractivity contribution in [2.75, 3.05) is 25.0 Å². The monoisotopic (exact) mass is 430 g/mol. The number of sulfone groups is 1. The van der Waals surface area contributed by atoms with Gasteiger partial charge in [-0.05, 0) is 37.8 Å². The number of carbonyl (C=O) groups is 1. The Balaban J connectivity index is 1.50. The third kappa shape index (κ3) is 5.96. The van der Waals surface area contributed by atoms with E-state index in [-0.39, 0.29) is 18.3 Å². The Hall–Kier alpha value is -1.58. The summed E-state index contributed by atoms with van der Waals surface area (Å²) >= 11 is 0. The van der Waals surface area contributed by atoms with E-state index in [1.807, 2.05) is 4.90 Å². The summed E-state index contributed by atoms with van der Waals surface area (Å²) in [7, 11) is -4.79. The fourth-order valence-corrected chi connectivity index (χ4v) is 4.87. The van der Waals surface area contributed by atoms with Crippen molar-refractivity contribution in [3.8, 4) is 0 Å². The molecule has 0 aromatic heterocycles. The maximum absolute atomic E-state index is 12.9. The lowest BCUT2D eigenvalue weighted by Gasteiger charge is -2.34. The quantitative estimate of drug-likeness (QED) is 0.717. The van der Waals surface area contributed by atoms with E-state index in [0.717, 1.165) is 31.7 Å². The minimum absolute atomic E-state index is 0.0825. The number of likely N-dealkylation sites (tertiary alicyclic amines) is 1. The molecule has 0 radical (unpaired) electrons. The van der Waals surface area contributed by atoms with Crippen molar-refractivity contribution in [1.29, 1.82) is 0 Å². The smallest absolute Gasteiger partial charge is 0.341 e. The molecule has 0 bridgehead atoms. The number of piperidine rings is 1. The summed E-state index contributed by atoms with van der Waals surface area (Å²) in [6.45, 7) is 1.50. The van der Waals surface area contributed by atoms with Gasteiger partial charge < -0.3 is 10.1 Å². The van der Waals surface area contributed by atoms with Crippen LogP contribution in [0.4, 0.5) is 14.5 Å². The van der Waals surface area contributed by atoms with Crippen LogP contribution in [0.15, 0.2) is 29.2 Å². The summed E-state index contributed by atoms with van der Waals surface area (Å²) in [4.78, 5) is 13.8. The molecule has 1 aliphatic heterocycles. The van der Waals surface area contributed by atoms with Gasteiger partial charge in [0, 0.05) is 13.1 Å². The Kier molecular flexibility index (Phi) is 7.59. The Morgan fingerprint density at radius 2 is 1.69 bits per heavy atom. The molecule has 2 fully saturated rings. The van der Waals surface area contributed by atoms with Crippen LogP contribution in [0.1, 0.15) is 44.9 Å². The number of nitrogens with zero attached hydrogens (tertiary/aromatic N) is 1. The SMILES string of the molecule is O=C(CN1CCC(OC2CCCCC2)CC1)Nc1ccccc1S(=O)(=O)C(F)F. The molecule has 3 rings (SSSR count). The van der Waals surface area contributed by atoms with E-state index in [1.54, 1.807) is 0 Å². The summed E-state index contributed by atoms with van der Waals surface area (Å²) in [5.41, 5.74) is -0.117. The van der Waals surface area contributed by atoms with Gasteiger partial charge >= 0.3 is 5.76 Å². The van der Waals surface area contributed by atoms with Crippen LogP contribution in [0.3, 0.4) is 0 Å². The molecule has 162 valence electrons. The molecule has 1 aromatic carbocycles. The van der Waals surface area contributed by atoms with Gasteiger partial charge in [-0.1, -0.05) is 31.4 Å². The summed E-state index contributed by atoms with van der Waals surface area (Å²) < 4.78 is 55.5. The van der Waals surface area contributed by atoms with Crippen LogP contribution in [0.2, 0.25) is 0 Å². The summed E-state index contributed by atoms with van der Waals surface area (Å²) in [6.07, 6.45) is 8.27. The number of halogens is 2. The van der Waals surface area contributed by atoms with Crippen molar-refractivity contribution in [2.24, 2.45) is 0 Å². The van der Waals surface area contributed by atoms with Crippen molar-refractivity contribution < 1.29 is 26.7 Å². The first-order valence-corrected chi connectivity index (χ1v) is 11.7. The van der Waals surface area contributed by atoms with Gasteiger partial charge in [-0.15, -0.1) is 0 Å². The van der Waals surface area contributed by atoms with Crippen molar-refractivity contribution in [2.45, 2.75) is 67.8 Å². The second kappa shape index (κ2) is 9.95. The first-order valence-electron chi connectivity index (χ1n) is 10.1. The molecule has 29 heavy (non-hydrogen) atoms. The third-order valence-corrected chi connectivity index (χ3v) is 6.98. The van der Waals surface area contributed by atoms with Crippen molar-refractivity contribution in [3.05, 3.63) is 24.3 Å². The van der Waals surface area contributed by atoms with Crippen LogP contribution in [0, 0.1) is 0 Å². The summed E-state index contributed by atoms with van der Waals surface area (Å²) in [5.74, 6) is -3.96. The largest absolute Gasteiger partial charge is 0.375 e. The van der Waals surface area contributed by atoms with Gasteiger partial charge in [0.05, 0.1) is 29.3 Å². The van der Waals surface area contributed by atoms with Gasteiger partial charge in [-0.3, -0.25) is 9.69 Å². The number of carbonyl (C=O) groups excluding carboxylic acids is 1. The topological polar surface area (TPSA) is 75.7 Å². The highest BCUT2D eigenvalue weighted by molar-refractivity contribution is 7.91. The minimum Gasteiger partial charge on any atom is -0.375 e. The number of ether oxygens (including phenoxy) is 1. The standard InChI is InChI=1S/C20H28F2N2O4S/c21-20(22)29(26,27)18-9-5-4-8-17(18)23-19(25)14-24-12-10-16(11-13-24)28-15-6-2-1-3-7-15/h4-5,8-9,15-16,20H,1-3,6-7,10-14H2,(H,23,25). The number of amides is 1. The molecular weight excluding hydrogens is 402 g/mol. The Bertz CT molecular complexity index is 789. The Labute approximate surface area is 170 Å². The van der Waals surface area contributed by atoms with Crippen LogP contribution in [0.25, 0.3) is 0 Å². The van der Waals surface area contributed by atoms with Gasteiger partial charge in [0.1, 0.15) is 0 Å². The zero-order chi connectivity index (χ0) is 20.9. The highest BCUT2D eigenvalue weighted by atomic mass is 32.2. The molecule has 2 aliphatic rings. The number of para-hydroxylation sites is 1. The second-order valence-corrected chi connectivity index (χ2v) is 9.61. The lowest BCUT2D eigenvalue weighted by atomic mass is 9.97. The molecule has 0 spiro atoms. The second-order valence-electron chi connectivity index (χ2n) is 7.72. The highest BCUT2D eigenvalue weighted by Crippen LogP contribution is 2.27. The lowest BCUT2D eigenvalue weighted by Crippen LogP contribution is -2.42. The molecule has 1 amide bonds. The number of hydrogen-bond donors (Lipinski definition) is 1. The molecule has 0 unspecified atom stereocenters. The van der Waals surface area contributed by atoms with Gasteiger partial charge in [-0.2, -0.15) is 8.78 Å². The summed E-state index contributed by atoms with van der Waals surface area (Å²) in [5, 5.41) is 2.47. The fourth-order valence-electron chi connectivity index (χ4n) is 3.98. The Morgan fingerprint density at radius 3 is 2.34 bits per heavy atom. The minimum atomic E-state index is -4.79. The molecule has 0 atom stereocenters. The van der Waals surface area contributed by atoms with E-state index in [2.05, 4.69) is 5.32 Å². The molecule has 1 heterocycles. The average Bonchev–Trinajstić information content (AvgIpc) is 2.70. The third-order valence-electron chi connectivity index (χ3n) is 5.54. The number of alkyl halides is 2. The number of benzene rings is 1. The normalized spacial score (nSPS) is 20.1. The van der Waals surface area contributed by atoms with Crippen LogP contribution >= 0.6 is 0 Å². The predicted octanol–water partition coefficient (Wildman–Crippen LogP) is 3.44. The molecule has 1 aromatic rings. The zero-order valence-corrected chi connectivity index (χ0v) is 17.2. The molecular formula is C20H28F2N2O4S. The van der Waals surface area contributed by atoms with Gasteiger partial charge in [0.25, 0.3) is 0 Å². The first-order chi connectivity index (χ1) is 13.9. The number of rotatable bonds is 7. The molecule has 9 heteroatoms. The maximum Gasteiger partial charge on any atom is 0.341 e. The van der Waals surface area contributed by atoms with E-state index in [0.29, 0.717) is 19.2 Å². The molecule has 6 nitrogen and oxygen atoms in total. The molecule has 1 saturated carbocycles. The lowest BCUT2D eigenvalue weighted by molar-refractivity contribution is -0.118. The number of anilines is 1. The van der Waals surface area contributed by atoms with E-state index < -0.39 is 26.4 Å². The molecule has 1 N–H and O–H groups in total. The average molecular weight is 431 g/mol. The number of hydrogen-bond acceptors (Lipinski definition) is 5. The van der Waals surface area contributed by atoms with E-state index >= 15 is 0 Å².